The van der Waals surface area contributed by atoms with E-state index in [2.05, 4.69) is 10.6 Å². The molecule has 0 radical (unpaired) electrons. The Morgan fingerprint density at radius 2 is 1.69 bits per heavy atom. The van der Waals surface area contributed by atoms with Gasteiger partial charge in [-0.1, -0.05) is 42.5 Å². The number of benzene rings is 2. The molecule has 1 aliphatic heterocycles. The molecule has 29 heavy (non-hydrogen) atoms. The van der Waals surface area contributed by atoms with Crippen LogP contribution in [0.4, 0.5) is 10.5 Å². The van der Waals surface area contributed by atoms with Crippen LogP contribution < -0.4 is 10.6 Å². The van der Waals surface area contributed by atoms with E-state index in [1.807, 2.05) is 42.5 Å². The van der Waals surface area contributed by atoms with Crippen molar-refractivity contribution < 1.29 is 23.9 Å². The third kappa shape index (κ3) is 5.65. The number of amides is 4. The molecule has 0 atom stereocenters. The summed E-state index contributed by atoms with van der Waals surface area (Å²) in [5.41, 5.74) is 2.71. The number of imide groups is 1. The molecule has 1 saturated heterocycles. The molecule has 1 aliphatic rings. The average Bonchev–Trinajstić information content (AvgIpc) is 3.05. The molecule has 0 unspecified atom stereocenters. The maximum atomic E-state index is 11.9. The molecular weight excluding hydrogens is 374 g/mol. The van der Waals surface area contributed by atoms with E-state index in [0.717, 1.165) is 16.0 Å². The van der Waals surface area contributed by atoms with Gasteiger partial charge in [0, 0.05) is 18.7 Å². The molecular formula is C21H21N3O5. The Balaban J connectivity index is 1.37. The van der Waals surface area contributed by atoms with E-state index in [4.69, 9.17) is 4.74 Å². The summed E-state index contributed by atoms with van der Waals surface area (Å²) in [5.74, 6) is -1.33. The first-order chi connectivity index (χ1) is 14.0. The zero-order valence-corrected chi connectivity index (χ0v) is 15.7. The molecule has 0 aliphatic carbocycles. The number of urea groups is 1. The highest BCUT2D eigenvalue weighted by Gasteiger charge is 2.27. The van der Waals surface area contributed by atoms with Crippen LogP contribution in [0.1, 0.15) is 12.8 Å². The van der Waals surface area contributed by atoms with Gasteiger partial charge in [0.15, 0.2) is 6.61 Å². The van der Waals surface area contributed by atoms with Crippen molar-refractivity contribution in [1.29, 1.82) is 0 Å². The van der Waals surface area contributed by atoms with E-state index in [1.165, 1.54) is 0 Å². The molecule has 2 aromatic carbocycles. The van der Waals surface area contributed by atoms with Crippen molar-refractivity contribution in [2.24, 2.45) is 0 Å². The number of rotatable bonds is 8. The largest absolute Gasteiger partial charge is 0.456 e. The molecule has 8 nitrogen and oxygen atoms in total. The summed E-state index contributed by atoms with van der Waals surface area (Å²) in [6, 6.07) is 16.7. The van der Waals surface area contributed by atoms with Gasteiger partial charge in [0.05, 0.1) is 6.54 Å². The van der Waals surface area contributed by atoms with E-state index in [1.54, 1.807) is 12.1 Å². The van der Waals surface area contributed by atoms with E-state index in [0.29, 0.717) is 5.69 Å². The van der Waals surface area contributed by atoms with Crippen LogP contribution in [0, 0.1) is 0 Å². The molecule has 1 heterocycles. The lowest BCUT2D eigenvalue weighted by Crippen LogP contribution is -2.32. The van der Waals surface area contributed by atoms with E-state index >= 15 is 0 Å². The highest BCUT2D eigenvalue weighted by molar-refractivity contribution is 6.01. The molecule has 0 aromatic heterocycles. The summed E-state index contributed by atoms with van der Waals surface area (Å²) < 4.78 is 4.93. The van der Waals surface area contributed by atoms with Gasteiger partial charge in [0.2, 0.25) is 5.91 Å². The molecule has 2 aromatic rings. The Kier molecular flexibility index (Phi) is 6.57. The summed E-state index contributed by atoms with van der Waals surface area (Å²) >= 11 is 0. The standard InChI is InChI=1S/C21H21N3O5/c25-18(14-29-20(27)7-4-12-24-19(26)13-22-21(24)28)23-17-10-8-16(9-11-17)15-5-2-1-3-6-15/h1-3,5-6,8-11H,4,7,12-14H2,(H,22,28)(H,23,25). The maximum absolute atomic E-state index is 11.9. The molecule has 8 heteroatoms. The Morgan fingerprint density at radius 3 is 2.34 bits per heavy atom. The SMILES string of the molecule is O=C(COC(=O)CCCN1C(=O)CNC1=O)Nc1ccc(-c2ccccc2)cc1. The zero-order chi connectivity index (χ0) is 20.6. The van der Waals surface area contributed by atoms with Crippen molar-refractivity contribution in [2.75, 3.05) is 25.0 Å². The molecule has 4 amide bonds. The normalized spacial score (nSPS) is 13.2. The summed E-state index contributed by atoms with van der Waals surface area (Å²) in [5, 5.41) is 5.07. The monoisotopic (exact) mass is 395 g/mol. The number of nitrogens with one attached hydrogen (secondary N) is 2. The molecule has 0 bridgehead atoms. The van der Waals surface area contributed by atoms with Crippen LogP contribution in [0.15, 0.2) is 54.6 Å². The van der Waals surface area contributed by atoms with Crippen LogP contribution >= 0.6 is 0 Å². The Morgan fingerprint density at radius 1 is 1.00 bits per heavy atom. The highest BCUT2D eigenvalue weighted by atomic mass is 16.5. The van der Waals surface area contributed by atoms with Crippen LogP contribution in [0.2, 0.25) is 0 Å². The number of hydrogen-bond donors (Lipinski definition) is 2. The third-order valence-electron chi connectivity index (χ3n) is 4.34. The molecule has 0 saturated carbocycles. The third-order valence-corrected chi connectivity index (χ3v) is 4.34. The van der Waals surface area contributed by atoms with Crippen LogP contribution in [0.5, 0.6) is 0 Å². The predicted octanol–water partition coefficient (Wildman–Crippen LogP) is 2.17. The van der Waals surface area contributed by atoms with Crippen molar-refractivity contribution in [3.63, 3.8) is 0 Å². The van der Waals surface area contributed by atoms with E-state index in [9.17, 15) is 19.2 Å². The van der Waals surface area contributed by atoms with Gasteiger partial charge < -0.3 is 15.4 Å². The van der Waals surface area contributed by atoms with Crippen molar-refractivity contribution in [3.8, 4) is 11.1 Å². The molecule has 150 valence electrons. The van der Waals surface area contributed by atoms with Crippen LogP contribution in [0.3, 0.4) is 0 Å². The number of carbonyl (C=O) groups excluding carboxylic acids is 4. The zero-order valence-electron chi connectivity index (χ0n) is 15.7. The topological polar surface area (TPSA) is 105 Å². The maximum Gasteiger partial charge on any atom is 0.324 e. The molecule has 3 rings (SSSR count). The Bertz CT molecular complexity index is 880. The molecule has 1 fully saturated rings. The lowest BCUT2D eigenvalue weighted by atomic mass is 10.1. The van der Waals surface area contributed by atoms with Gasteiger partial charge in [-0.25, -0.2) is 4.79 Å². The fourth-order valence-electron chi connectivity index (χ4n) is 2.85. The van der Waals surface area contributed by atoms with Crippen molar-refractivity contribution in [1.82, 2.24) is 10.2 Å². The van der Waals surface area contributed by atoms with Gasteiger partial charge in [-0.05, 0) is 29.7 Å². The first-order valence-electron chi connectivity index (χ1n) is 9.22. The summed E-state index contributed by atoms with van der Waals surface area (Å²) in [6.07, 6.45) is 0.288. The Hall–Kier alpha value is -3.68. The predicted molar refractivity (Wildman–Crippen MR) is 106 cm³/mol. The lowest BCUT2D eigenvalue weighted by Gasteiger charge is -2.11. The molecule has 0 spiro atoms. The number of carbonyl (C=O) groups is 4. The lowest BCUT2D eigenvalue weighted by molar-refractivity contribution is -0.147. The van der Waals surface area contributed by atoms with Crippen molar-refractivity contribution >= 4 is 29.5 Å². The van der Waals surface area contributed by atoms with Crippen LogP contribution in [0.25, 0.3) is 11.1 Å². The summed E-state index contributed by atoms with van der Waals surface area (Å²) in [6.45, 7) is -0.280. The average molecular weight is 395 g/mol. The second-order valence-corrected chi connectivity index (χ2v) is 6.46. The minimum absolute atomic E-state index is 0.0100. The van der Waals surface area contributed by atoms with E-state index in [-0.39, 0.29) is 31.8 Å². The fraction of sp³-hybridized carbons (Fsp3) is 0.238. The second kappa shape index (κ2) is 9.50. The number of esters is 1. The first kappa shape index (κ1) is 20.1. The van der Waals surface area contributed by atoms with E-state index < -0.39 is 24.5 Å². The second-order valence-electron chi connectivity index (χ2n) is 6.46. The number of ether oxygens (including phenoxy) is 1. The number of hydrogen-bond acceptors (Lipinski definition) is 5. The van der Waals surface area contributed by atoms with Crippen LogP contribution in [-0.2, 0) is 19.1 Å². The van der Waals surface area contributed by atoms with Gasteiger partial charge in [-0.2, -0.15) is 0 Å². The number of anilines is 1. The molecule has 2 N–H and O–H groups in total. The minimum Gasteiger partial charge on any atom is -0.456 e. The quantitative estimate of drug-likeness (QED) is 0.526. The van der Waals surface area contributed by atoms with Crippen molar-refractivity contribution in [3.05, 3.63) is 54.6 Å². The van der Waals surface area contributed by atoms with Crippen LogP contribution in [-0.4, -0.2) is 48.4 Å². The smallest absolute Gasteiger partial charge is 0.324 e. The Labute approximate surface area is 167 Å². The van der Waals surface area contributed by atoms with Gasteiger partial charge >= 0.3 is 12.0 Å². The number of nitrogens with zero attached hydrogens (tertiary/aromatic N) is 1. The van der Waals surface area contributed by atoms with Gasteiger partial charge in [-0.3, -0.25) is 19.3 Å². The first-order valence-corrected chi connectivity index (χ1v) is 9.22. The summed E-state index contributed by atoms with van der Waals surface area (Å²) in [4.78, 5) is 47.5. The summed E-state index contributed by atoms with van der Waals surface area (Å²) in [7, 11) is 0. The highest BCUT2D eigenvalue weighted by Crippen LogP contribution is 2.20. The van der Waals surface area contributed by atoms with Crippen molar-refractivity contribution in [2.45, 2.75) is 12.8 Å². The van der Waals surface area contributed by atoms with Gasteiger partial charge in [0.1, 0.15) is 0 Å². The minimum atomic E-state index is -0.563. The van der Waals surface area contributed by atoms with Gasteiger partial charge in [0.25, 0.3) is 5.91 Å². The van der Waals surface area contributed by atoms with Gasteiger partial charge in [-0.15, -0.1) is 0 Å². The fourth-order valence-corrected chi connectivity index (χ4v) is 2.85.